The summed E-state index contributed by atoms with van der Waals surface area (Å²) < 4.78 is 15.8. The minimum Gasteiger partial charge on any atom is -0.495 e. The van der Waals surface area contributed by atoms with Crippen molar-refractivity contribution in [3.8, 4) is 23.0 Å². The molecule has 0 aliphatic heterocycles. The van der Waals surface area contributed by atoms with Gasteiger partial charge in [0, 0.05) is 11.6 Å². The van der Waals surface area contributed by atoms with E-state index in [4.69, 9.17) is 25.6 Å². The minimum atomic E-state index is 0.370. The number of nitrogens with zero attached hydrogens (tertiary/aromatic N) is 2. The molecule has 0 saturated heterocycles. The lowest BCUT2D eigenvalue weighted by atomic mass is 10.2. The molecule has 7 heteroatoms. The Morgan fingerprint density at radius 3 is 2.54 bits per heavy atom. The number of halogens is 1. The van der Waals surface area contributed by atoms with Crippen molar-refractivity contribution in [3.05, 3.63) is 53.3 Å². The van der Waals surface area contributed by atoms with Gasteiger partial charge in [-0.15, -0.1) is 0 Å². The smallest absolute Gasteiger partial charge is 0.257 e. The molecule has 6 nitrogen and oxygen atoms in total. The Balaban J connectivity index is 1.75. The third-order valence-corrected chi connectivity index (χ3v) is 3.70. The average molecular weight is 346 g/mol. The predicted octanol–water partition coefficient (Wildman–Crippen LogP) is 4.02. The second kappa shape index (κ2) is 7.23. The maximum absolute atomic E-state index is 6.15. The van der Waals surface area contributed by atoms with Crippen LogP contribution in [0.15, 0.2) is 47.0 Å². The molecule has 24 heavy (non-hydrogen) atoms. The normalized spacial score (nSPS) is 10.5. The summed E-state index contributed by atoms with van der Waals surface area (Å²) in [7, 11) is 3.13. The Morgan fingerprint density at radius 1 is 1.08 bits per heavy atom. The molecule has 0 saturated carbocycles. The van der Waals surface area contributed by atoms with Gasteiger partial charge in [-0.05, 0) is 18.2 Å². The van der Waals surface area contributed by atoms with Gasteiger partial charge >= 0.3 is 0 Å². The van der Waals surface area contributed by atoms with Crippen molar-refractivity contribution in [3.63, 3.8) is 0 Å². The molecular formula is C17H16ClN3O3. The van der Waals surface area contributed by atoms with Gasteiger partial charge in [0.15, 0.2) is 5.82 Å². The van der Waals surface area contributed by atoms with Gasteiger partial charge in [0.05, 0.1) is 31.5 Å². The number of hydrogen-bond donors (Lipinski definition) is 1. The summed E-state index contributed by atoms with van der Waals surface area (Å²) in [5.74, 6) is 2.17. The zero-order chi connectivity index (χ0) is 16.9. The first-order valence-corrected chi connectivity index (χ1v) is 7.62. The second-order valence-electron chi connectivity index (χ2n) is 4.92. The number of benzene rings is 2. The number of methoxy groups -OCH3 is 2. The van der Waals surface area contributed by atoms with Gasteiger partial charge in [-0.3, -0.25) is 0 Å². The summed E-state index contributed by atoms with van der Waals surface area (Å²) in [5.41, 5.74) is 1.59. The van der Waals surface area contributed by atoms with Gasteiger partial charge in [0.25, 0.3) is 5.89 Å². The summed E-state index contributed by atoms with van der Waals surface area (Å²) >= 11 is 6.15. The zero-order valence-electron chi connectivity index (χ0n) is 13.2. The molecule has 0 atom stereocenters. The summed E-state index contributed by atoms with van der Waals surface area (Å²) in [5, 5.41) is 7.64. The first-order valence-electron chi connectivity index (χ1n) is 7.24. The van der Waals surface area contributed by atoms with Gasteiger partial charge in [0.1, 0.15) is 11.5 Å². The maximum atomic E-state index is 6.15. The van der Waals surface area contributed by atoms with E-state index in [-0.39, 0.29) is 0 Å². The Kier molecular flexibility index (Phi) is 4.86. The van der Waals surface area contributed by atoms with Crippen molar-refractivity contribution >= 4 is 17.3 Å². The van der Waals surface area contributed by atoms with Crippen LogP contribution in [0.1, 0.15) is 5.82 Å². The standard InChI is InChI=1S/C17H16ClN3O3/c1-22-14-9-15(23-2)13(8-12(14)18)19-10-16-20-17(24-21-16)11-6-4-3-5-7-11/h3-9,19H,10H2,1-2H3. The molecule has 0 radical (unpaired) electrons. The maximum Gasteiger partial charge on any atom is 0.257 e. The van der Waals surface area contributed by atoms with Crippen LogP contribution in [0.4, 0.5) is 5.69 Å². The van der Waals surface area contributed by atoms with Crippen LogP contribution in [-0.2, 0) is 6.54 Å². The molecule has 0 aliphatic rings. The molecule has 0 aliphatic carbocycles. The van der Waals surface area contributed by atoms with E-state index in [1.165, 1.54) is 0 Å². The molecule has 124 valence electrons. The lowest BCUT2D eigenvalue weighted by Gasteiger charge is -2.12. The van der Waals surface area contributed by atoms with Crippen LogP contribution in [0.5, 0.6) is 11.5 Å². The monoisotopic (exact) mass is 345 g/mol. The van der Waals surface area contributed by atoms with Crippen LogP contribution in [0.2, 0.25) is 5.02 Å². The first kappa shape index (κ1) is 16.1. The molecule has 2 aromatic carbocycles. The molecule has 1 N–H and O–H groups in total. The Labute approximate surface area is 144 Å². The van der Waals surface area contributed by atoms with Crippen molar-refractivity contribution in [2.75, 3.05) is 19.5 Å². The first-order chi connectivity index (χ1) is 11.7. The largest absolute Gasteiger partial charge is 0.495 e. The third kappa shape index (κ3) is 3.44. The number of rotatable bonds is 6. The molecule has 0 fully saturated rings. The van der Waals surface area contributed by atoms with E-state index in [2.05, 4.69) is 15.5 Å². The van der Waals surface area contributed by atoms with E-state index in [1.54, 1.807) is 26.4 Å². The fourth-order valence-electron chi connectivity index (χ4n) is 2.20. The molecule has 3 rings (SSSR count). The van der Waals surface area contributed by atoms with E-state index in [0.29, 0.717) is 34.8 Å². The van der Waals surface area contributed by atoms with Gasteiger partial charge in [0.2, 0.25) is 0 Å². The Bertz CT molecular complexity index is 821. The van der Waals surface area contributed by atoms with Gasteiger partial charge in [-0.25, -0.2) is 0 Å². The molecule has 1 heterocycles. The highest BCUT2D eigenvalue weighted by Crippen LogP contribution is 2.36. The fraction of sp³-hybridized carbons (Fsp3) is 0.176. The third-order valence-electron chi connectivity index (χ3n) is 3.40. The quantitative estimate of drug-likeness (QED) is 0.727. The van der Waals surface area contributed by atoms with Crippen molar-refractivity contribution in [2.24, 2.45) is 0 Å². The number of nitrogens with one attached hydrogen (secondary N) is 1. The van der Waals surface area contributed by atoms with Crippen LogP contribution >= 0.6 is 11.6 Å². The van der Waals surface area contributed by atoms with E-state index >= 15 is 0 Å². The highest BCUT2D eigenvalue weighted by Gasteiger charge is 2.12. The SMILES string of the molecule is COc1cc(OC)c(NCc2noc(-c3ccccc3)n2)cc1Cl. The predicted molar refractivity (Wildman–Crippen MR) is 91.6 cm³/mol. The number of hydrogen-bond acceptors (Lipinski definition) is 6. The fourth-order valence-corrected chi connectivity index (χ4v) is 2.44. The topological polar surface area (TPSA) is 69.4 Å². The van der Waals surface area contributed by atoms with Crippen molar-refractivity contribution in [1.29, 1.82) is 0 Å². The summed E-state index contributed by atoms with van der Waals surface area (Å²) in [6.07, 6.45) is 0. The van der Waals surface area contributed by atoms with E-state index in [0.717, 1.165) is 11.3 Å². The molecule has 3 aromatic rings. The van der Waals surface area contributed by atoms with Crippen LogP contribution in [0.25, 0.3) is 11.5 Å². The van der Waals surface area contributed by atoms with E-state index in [1.807, 2.05) is 30.3 Å². The second-order valence-corrected chi connectivity index (χ2v) is 5.33. The van der Waals surface area contributed by atoms with Crippen LogP contribution in [-0.4, -0.2) is 24.4 Å². The molecule has 0 unspecified atom stereocenters. The molecule has 0 bridgehead atoms. The minimum absolute atomic E-state index is 0.370. The molecular weight excluding hydrogens is 330 g/mol. The molecule has 1 aromatic heterocycles. The lowest BCUT2D eigenvalue weighted by Crippen LogP contribution is -2.03. The number of anilines is 1. The average Bonchev–Trinajstić information content (AvgIpc) is 3.10. The zero-order valence-corrected chi connectivity index (χ0v) is 14.0. The van der Waals surface area contributed by atoms with Gasteiger partial charge < -0.3 is 19.3 Å². The Hall–Kier alpha value is -2.73. The van der Waals surface area contributed by atoms with Crippen molar-refractivity contribution in [1.82, 2.24) is 10.1 Å². The summed E-state index contributed by atoms with van der Waals surface area (Å²) in [6, 6.07) is 13.0. The lowest BCUT2D eigenvalue weighted by molar-refractivity contribution is 0.395. The van der Waals surface area contributed by atoms with Crippen LogP contribution < -0.4 is 14.8 Å². The molecule has 0 spiro atoms. The Morgan fingerprint density at radius 2 is 1.83 bits per heavy atom. The van der Waals surface area contributed by atoms with E-state index < -0.39 is 0 Å². The van der Waals surface area contributed by atoms with Crippen molar-refractivity contribution < 1.29 is 14.0 Å². The number of aromatic nitrogens is 2. The highest BCUT2D eigenvalue weighted by atomic mass is 35.5. The summed E-state index contributed by atoms with van der Waals surface area (Å²) in [6.45, 7) is 0.370. The van der Waals surface area contributed by atoms with Gasteiger partial charge in [-0.2, -0.15) is 4.98 Å². The summed E-state index contributed by atoms with van der Waals surface area (Å²) in [4.78, 5) is 4.37. The molecule has 0 amide bonds. The van der Waals surface area contributed by atoms with Gasteiger partial charge in [-0.1, -0.05) is 35.0 Å². The van der Waals surface area contributed by atoms with E-state index in [9.17, 15) is 0 Å². The van der Waals surface area contributed by atoms with Crippen LogP contribution in [0.3, 0.4) is 0 Å². The highest BCUT2D eigenvalue weighted by molar-refractivity contribution is 6.32. The van der Waals surface area contributed by atoms with Crippen molar-refractivity contribution in [2.45, 2.75) is 6.54 Å². The number of ether oxygens (including phenoxy) is 2. The van der Waals surface area contributed by atoms with Crippen LogP contribution in [0, 0.1) is 0 Å².